The zero-order valence-corrected chi connectivity index (χ0v) is 8.72. The minimum atomic E-state index is -0.0251. The van der Waals surface area contributed by atoms with Gasteiger partial charge in [0, 0.05) is 20.1 Å². The number of methoxy groups -OCH3 is 1. The van der Waals surface area contributed by atoms with Gasteiger partial charge in [-0.3, -0.25) is 4.79 Å². The number of ether oxygens (including phenoxy) is 1. The number of carbonyl (C=O) groups excluding carboxylic acids is 1. The number of hydrogen-bond acceptors (Lipinski definition) is 3. The lowest BCUT2D eigenvalue weighted by molar-refractivity contribution is -0.122. The van der Waals surface area contributed by atoms with E-state index in [9.17, 15) is 4.79 Å². The summed E-state index contributed by atoms with van der Waals surface area (Å²) in [6.45, 7) is 5.69. The van der Waals surface area contributed by atoms with Crippen LogP contribution < -0.4 is 11.1 Å². The lowest BCUT2D eigenvalue weighted by Gasteiger charge is -2.22. The van der Waals surface area contributed by atoms with Crippen LogP contribution in [-0.4, -0.2) is 32.7 Å². The zero-order chi connectivity index (χ0) is 10.3. The third-order valence-corrected chi connectivity index (χ3v) is 1.85. The number of nitrogens with one attached hydrogen (secondary N) is 1. The van der Waals surface area contributed by atoms with Gasteiger partial charge in [0.1, 0.15) is 0 Å². The van der Waals surface area contributed by atoms with E-state index in [4.69, 9.17) is 10.5 Å². The normalized spacial score (nSPS) is 11.4. The van der Waals surface area contributed by atoms with Gasteiger partial charge in [-0.2, -0.15) is 0 Å². The molecule has 0 bridgehead atoms. The number of nitrogens with two attached hydrogens (primary N) is 1. The molecule has 0 aliphatic heterocycles. The third-order valence-electron chi connectivity index (χ3n) is 1.85. The topological polar surface area (TPSA) is 64.3 Å². The summed E-state index contributed by atoms with van der Waals surface area (Å²) in [5.74, 6) is 0.0170. The molecular formula is C9H20N2O2. The average Bonchev–Trinajstić information content (AvgIpc) is 2.11. The van der Waals surface area contributed by atoms with Crippen LogP contribution in [0.2, 0.25) is 0 Å². The summed E-state index contributed by atoms with van der Waals surface area (Å²) in [5, 5.41) is 2.81. The molecule has 0 atom stereocenters. The molecule has 0 saturated carbocycles. The first-order chi connectivity index (χ1) is 6.02. The Bertz CT molecular complexity index is 158. The molecule has 78 valence electrons. The molecule has 3 N–H and O–H groups in total. The lowest BCUT2D eigenvalue weighted by Crippen LogP contribution is -2.38. The molecule has 0 radical (unpaired) electrons. The summed E-state index contributed by atoms with van der Waals surface area (Å²) in [6.07, 6.45) is 0.414. The first-order valence-corrected chi connectivity index (χ1v) is 4.47. The minimum Gasteiger partial charge on any atom is -0.384 e. The van der Waals surface area contributed by atoms with Gasteiger partial charge in [0.05, 0.1) is 6.61 Å². The molecule has 13 heavy (non-hydrogen) atoms. The standard InChI is InChI=1S/C9H20N2O2/c1-9(2,6-10)7-11-8(12)4-5-13-3/h4-7,10H2,1-3H3,(H,11,12). The molecule has 4 nitrogen and oxygen atoms in total. The van der Waals surface area contributed by atoms with E-state index in [0.29, 0.717) is 26.1 Å². The molecule has 0 aliphatic carbocycles. The van der Waals surface area contributed by atoms with Crippen molar-refractivity contribution in [3.63, 3.8) is 0 Å². The van der Waals surface area contributed by atoms with Gasteiger partial charge < -0.3 is 15.8 Å². The van der Waals surface area contributed by atoms with E-state index < -0.39 is 0 Å². The summed E-state index contributed by atoms with van der Waals surface area (Å²) >= 11 is 0. The molecule has 0 heterocycles. The van der Waals surface area contributed by atoms with Gasteiger partial charge in [-0.25, -0.2) is 0 Å². The van der Waals surface area contributed by atoms with Crippen LogP contribution in [-0.2, 0) is 9.53 Å². The quantitative estimate of drug-likeness (QED) is 0.622. The molecule has 0 spiro atoms. The van der Waals surface area contributed by atoms with Gasteiger partial charge in [0.25, 0.3) is 0 Å². The molecule has 0 rings (SSSR count). The maximum atomic E-state index is 11.1. The average molecular weight is 188 g/mol. The highest BCUT2D eigenvalue weighted by molar-refractivity contribution is 5.75. The smallest absolute Gasteiger partial charge is 0.222 e. The maximum Gasteiger partial charge on any atom is 0.222 e. The molecule has 0 aromatic carbocycles. The number of amides is 1. The Labute approximate surface area is 79.8 Å². The van der Waals surface area contributed by atoms with Gasteiger partial charge >= 0.3 is 0 Å². The monoisotopic (exact) mass is 188 g/mol. The first kappa shape index (κ1) is 12.4. The fourth-order valence-corrected chi connectivity index (χ4v) is 0.693. The summed E-state index contributed by atoms with van der Waals surface area (Å²) in [5.41, 5.74) is 5.49. The summed E-state index contributed by atoms with van der Waals surface area (Å²) in [4.78, 5) is 11.1. The van der Waals surface area contributed by atoms with E-state index in [1.54, 1.807) is 7.11 Å². The second-order valence-electron chi connectivity index (χ2n) is 3.89. The van der Waals surface area contributed by atoms with Crippen LogP contribution in [0.3, 0.4) is 0 Å². The van der Waals surface area contributed by atoms with E-state index in [1.165, 1.54) is 0 Å². The van der Waals surface area contributed by atoms with Gasteiger partial charge in [0.15, 0.2) is 0 Å². The maximum absolute atomic E-state index is 11.1. The van der Waals surface area contributed by atoms with Gasteiger partial charge in [0.2, 0.25) is 5.91 Å². The Morgan fingerprint density at radius 3 is 2.62 bits per heavy atom. The number of rotatable bonds is 6. The SMILES string of the molecule is COCCC(=O)NCC(C)(C)CN. The van der Waals surface area contributed by atoms with E-state index in [-0.39, 0.29) is 11.3 Å². The van der Waals surface area contributed by atoms with Crippen LogP contribution in [0.4, 0.5) is 0 Å². The molecule has 0 fully saturated rings. The molecule has 0 unspecified atom stereocenters. The highest BCUT2D eigenvalue weighted by atomic mass is 16.5. The summed E-state index contributed by atoms with van der Waals surface area (Å²) in [6, 6.07) is 0. The van der Waals surface area contributed by atoms with Crippen LogP contribution in [0.5, 0.6) is 0 Å². The van der Waals surface area contributed by atoms with E-state index in [2.05, 4.69) is 5.32 Å². The summed E-state index contributed by atoms with van der Waals surface area (Å²) < 4.78 is 4.79. The Morgan fingerprint density at radius 1 is 1.54 bits per heavy atom. The van der Waals surface area contributed by atoms with Crippen molar-refractivity contribution in [1.82, 2.24) is 5.32 Å². The zero-order valence-electron chi connectivity index (χ0n) is 8.72. The predicted molar refractivity (Wildman–Crippen MR) is 52.3 cm³/mol. The Kier molecular flexibility index (Phi) is 5.66. The number of carbonyl (C=O) groups is 1. The molecule has 0 aromatic heterocycles. The first-order valence-electron chi connectivity index (χ1n) is 4.47. The molecule has 0 aliphatic rings. The van der Waals surface area contributed by atoms with E-state index in [1.807, 2.05) is 13.8 Å². The Balaban J connectivity index is 3.57. The molecule has 1 amide bonds. The van der Waals surface area contributed by atoms with Crippen LogP contribution in [0.1, 0.15) is 20.3 Å². The van der Waals surface area contributed by atoms with Crippen molar-refractivity contribution in [3.05, 3.63) is 0 Å². The van der Waals surface area contributed by atoms with Crippen molar-refractivity contribution >= 4 is 5.91 Å². The van der Waals surface area contributed by atoms with Gasteiger partial charge in [-0.05, 0) is 12.0 Å². The lowest BCUT2D eigenvalue weighted by atomic mass is 9.94. The molecule has 0 aromatic rings. The minimum absolute atomic E-state index is 0.0170. The van der Waals surface area contributed by atoms with E-state index >= 15 is 0 Å². The van der Waals surface area contributed by atoms with Crippen LogP contribution in [0.15, 0.2) is 0 Å². The Hall–Kier alpha value is -0.610. The predicted octanol–water partition coefficient (Wildman–Crippen LogP) is 0.124. The van der Waals surface area contributed by atoms with Crippen molar-refractivity contribution in [2.75, 3.05) is 26.8 Å². The Morgan fingerprint density at radius 2 is 2.15 bits per heavy atom. The number of hydrogen-bond donors (Lipinski definition) is 2. The molecular weight excluding hydrogens is 168 g/mol. The molecule has 4 heteroatoms. The van der Waals surface area contributed by atoms with Gasteiger partial charge in [-0.15, -0.1) is 0 Å². The highest BCUT2D eigenvalue weighted by Gasteiger charge is 2.16. The van der Waals surface area contributed by atoms with Crippen molar-refractivity contribution in [2.45, 2.75) is 20.3 Å². The molecule has 0 saturated heterocycles. The van der Waals surface area contributed by atoms with Crippen molar-refractivity contribution in [2.24, 2.45) is 11.1 Å². The van der Waals surface area contributed by atoms with Crippen molar-refractivity contribution in [3.8, 4) is 0 Å². The van der Waals surface area contributed by atoms with Gasteiger partial charge in [-0.1, -0.05) is 13.8 Å². The van der Waals surface area contributed by atoms with Crippen LogP contribution in [0.25, 0.3) is 0 Å². The third kappa shape index (κ3) is 6.54. The second kappa shape index (κ2) is 5.94. The van der Waals surface area contributed by atoms with Crippen molar-refractivity contribution in [1.29, 1.82) is 0 Å². The summed E-state index contributed by atoms with van der Waals surface area (Å²) in [7, 11) is 1.58. The van der Waals surface area contributed by atoms with Crippen LogP contribution in [0, 0.1) is 5.41 Å². The second-order valence-corrected chi connectivity index (χ2v) is 3.89. The van der Waals surface area contributed by atoms with Crippen LogP contribution >= 0.6 is 0 Å². The largest absolute Gasteiger partial charge is 0.384 e. The van der Waals surface area contributed by atoms with E-state index in [0.717, 1.165) is 0 Å². The fourth-order valence-electron chi connectivity index (χ4n) is 0.693. The van der Waals surface area contributed by atoms with Crippen molar-refractivity contribution < 1.29 is 9.53 Å². The fraction of sp³-hybridized carbons (Fsp3) is 0.889. The highest BCUT2D eigenvalue weighted by Crippen LogP contribution is 2.09.